The lowest BCUT2D eigenvalue weighted by Crippen LogP contribution is -2.08. The SMILES string of the molecule is Cc1cccc(Nc2ncnc3ccc(N(C)C)cc23)c1. The third-order valence-corrected chi connectivity index (χ3v) is 3.42. The van der Waals surface area contributed by atoms with Crippen molar-refractivity contribution in [1.29, 1.82) is 0 Å². The number of nitrogens with one attached hydrogen (secondary N) is 1. The smallest absolute Gasteiger partial charge is 0.141 e. The van der Waals surface area contributed by atoms with Crippen molar-refractivity contribution in [2.75, 3.05) is 24.3 Å². The highest BCUT2D eigenvalue weighted by atomic mass is 15.1. The Balaban J connectivity index is 2.07. The number of benzene rings is 2. The molecule has 0 unspecified atom stereocenters. The summed E-state index contributed by atoms with van der Waals surface area (Å²) in [5.41, 5.74) is 4.31. The molecule has 1 aromatic heterocycles. The first-order chi connectivity index (χ1) is 10.1. The number of rotatable bonds is 3. The molecule has 0 atom stereocenters. The average Bonchev–Trinajstić information content (AvgIpc) is 2.47. The highest BCUT2D eigenvalue weighted by Gasteiger charge is 2.06. The second-order valence-electron chi connectivity index (χ2n) is 5.31. The number of anilines is 3. The van der Waals surface area contributed by atoms with Crippen molar-refractivity contribution in [3.63, 3.8) is 0 Å². The van der Waals surface area contributed by atoms with Gasteiger partial charge in [-0.2, -0.15) is 0 Å². The highest BCUT2D eigenvalue weighted by molar-refractivity contribution is 5.93. The van der Waals surface area contributed by atoms with Gasteiger partial charge in [0, 0.05) is 30.9 Å². The minimum Gasteiger partial charge on any atom is -0.378 e. The first-order valence-electron chi connectivity index (χ1n) is 6.89. The van der Waals surface area contributed by atoms with Crippen LogP contribution in [-0.4, -0.2) is 24.1 Å². The van der Waals surface area contributed by atoms with Crippen molar-refractivity contribution >= 4 is 28.1 Å². The van der Waals surface area contributed by atoms with Crippen LogP contribution in [0.2, 0.25) is 0 Å². The average molecular weight is 278 g/mol. The van der Waals surface area contributed by atoms with Gasteiger partial charge in [0.2, 0.25) is 0 Å². The summed E-state index contributed by atoms with van der Waals surface area (Å²) in [6, 6.07) is 14.4. The lowest BCUT2D eigenvalue weighted by Gasteiger charge is -2.14. The molecule has 4 nitrogen and oxygen atoms in total. The lowest BCUT2D eigenvalue weighted by atomic mass is 10.2. The van der Waals surface area contributed by atoms with E-state index in [1.54, 1.807) is 6.33 Å². The van der Waals surface area contributed by atoms with E-state index in [2.05, 4.69) is 51.4 Å². The minimum absolute atomic E-state index is 0.828. The van der Waals surface area contributed by atoms with Crippen LogP contribution in [0.25, 0.3) is 10.9 Å². The van der Waals surface area contributed by atoms with Gasteiger partial charge in [-0.15, -0.1) is 0 Å². The molecule has 1 heterocycles. The Morgan fingerprint density at radius 1 is 1.00 bits per heavy atom. The molecule has 3 aromatic rings. The Bertz CT molecular complexity index is 781. The number of nitrogens with zero attached hydrogens (tertiary/aromatic N) is 3. The zero-order chi connectivity index (χ0) is 14.8. The van der Waals surface area contributed by atoms with Crippen molar-refractivity contribution in [1.82, 2.24) is 9.97 Å². The van der Waals surface area contributed by atoms with Gasteiger partial charge in [0.05, 0.1) is 5.52 Å². The van der Waals surface area contributed by atoms with Crippen molar-refractivity contribution < 1.29 is 0 Å². The molecular weight excluding hydrogens is 260 g/mol. The molecule has 0 aliphatic rings. The van der Waals surface area contributed by atoms with Gasteiger partial charge in [-0.05, 0) is 42.8 Å². The fourth-order valence-corrected chi connectivity index (χ4v) is 2.28. The molecule has 106 valence electrons. The van der Waals surface area contributed by atoms with Crippen LogP contribution in [0, 0.1) is 6.92 Å². The summed E-state index contributed by atoms with van der Waals surface area (Å²) in [6.07, 6.45) is 1.59. The fourth-order valence-electron chi connectivity index (χ4n) is 2.28. The van der Waals surface area contributed by atoms with Gasteiger partial charge < -0.3 is 10.2 Å². The molecule has 0 spiro atoms. The molecule has 0 saturated carbocycles. The van der Waals surface area contributed by atoms with Crippen LogP contribution < -0.4 is 10.2 Å². The molecule has 0 saturated heterocycles. The summed E-state index contributed by atoms with van der Waals surface area (Å²) in [4.78, 5) is 10.8. The number of aromatic nitrogens is 2. The van der Waals surface area contributed by atoms with Gasteiger partial charge in [-0.25, -0.2) is 9.97 Å². The van der Waals surface area contributed by atoms with Crippen LogP contribution in [0.1, 0.15) is 5.56 Å². The third kappa shape index (κ3) is 2.79. The molecule has 4 heteroatoms. The minimum atomic E-state index is 0.828. The van der Waals surface area contributed by atoms with E-state index in [4.69, 9.17) is 0 Å². The summed E-state index contributed by atoms with van der Waals surface area (Å²) in [5.74, 6) is 0.828. The Hall–Kier alpha value is -2.62. The van der Waals surface area contributed by atoms with Gasteiger partial charge in [0.1, 0.15) is 12.1 Å². The quantitative estimate of drug-likeness (QED) is 0.792. The molecule has 3 rings (SSSR count). The molecule has 0 amide bonds. The highest BCUT2D eigenvalue weighted by Crippen LogP contribution is 2.26. The summed E-state index contributed by atoms with van der Waals surface area (Å²) in [7, 11) is 4.05. The summed E-state index contributed by atoms with van der Waals surface area (Å²) in [6.45, 7) is 2.08. The second-order valence-corrected chi connectivity index (χ2v) is 5.31. The number of hydrogen-bond acceptors (Lipinski definition) is 4. The second kappa shape index (κ2) is 5.40. The fraction of sp³-hybridized carbons (Fsp3) is 0.176. The molecule has 0 radical (unpaired) electrons. The summed E-state index contributed by atoms with van der Waals surface area (Å²) >= 11 is 0. The first-order valence-corrected chi connectivity index (χ1v) is 6.89. The summed E-state index contributed by atoms with van der Waals surface area (Å²) < 4.78 is 0. The predicted molar refractivity (Wildman–Crippen MR) is 88.3 cm³/mol. The largest absolute Gasteiger partial charge is 0.378 e. The first kappa shape index (κ1) is 13.4. The Morgan fingerprint density at radius 2 is 1.86 bits per heavy atom. The molecule has 0 fully saturated rings. The predicted octanol–water partition coefficient (Wildman–Crippen LogP) is 3.75. The van der Waals surface area contributed by atoms with E-state index in [9.17, 15) is 0 Å². The maximum Gasteiger partial charge on any atom is 0.141 e. The Morgan fingerprint density at radius 3 is 2.62 bits per heavy atom. The monoisotopic (exact) mass is 278 g/mol. The van der Waals surface area contributed by atoms with E-state index < -0.39 is 0 Å². The van der Waals surface area contributed by atoms with Crippen molar-refractivity contribution in [2.24, 2.45) is 0 Å². The van der Waals surface area contributed by atoms with Gasteiger partial charge in [-0.1, -0.05) is 12.1 Å². The van der Waals surface area contributed by atoms with Gasteiger partial charge in [0.25, 0.3) is 0 Å². The van der Waals surface area contributed by atoms with Crippen LogP contribution in [-0.2, 0) is 0 Å². The van der Waals surface area contributed by atoms with Crippen LogP contribution in [0.15, 0.2) is 48.8 Å². The van der Waals surface area contributed by atoms with E-state index in [1.165, 1.54) is 5.56 Å². The van der Waals surface area contributed by atoms with E-state index in [1.807, 2.05) is 32.3 Å². The van der Waals surface area contributed by atoms with Crippen molar-refractivity contribution in [3.05, 3.63) is 54.4 Å². The molecule has 2 aromatic carbocycles. The van der Waals surface area contributed by atoms with Crippen LogP contribution in [0.5, 0.6) is 0 Å². The zero-order valence-corrected chi connectivity index (χ0v) is 12.5. The lowest BCUT2D eigenvalue weighted by molar-refractivity contribution is 1.13. The Labute approximate surface area is 124 Å². The molecule has 0 aliphatic heterocycles. The van der Waals surface area contributed by atoms with Crippen LogP contribution in [0.4, 0.5) is 17.2 Å². The molecule has 21 heavy (non-hydrogen) atoms. The van der Waals surface area contributed by atoms with Crippen LogP contribution in [0.3, 0.4) is 0 Å². The normalized spacial score (nSPS) is 10.6. The van der Waals surface area contributed by atoms with E-state index >= 15 is 0 Å². The van der Waals surface area contributed by atoms with Gasteiger partial charge in [-0.3, -0.25) is 0 Å². The van der Waals surface area contributed by atoms with E-state index in [0.29, 0.717) is 0 Å². The Kier molecular flexibility index (Phi) is 3.44. The molecular formula is C17H18N4. The zero-order valence-electron chi connectivity index (χ0n) is 12.5. The van der Waals surface area contributed by atoms with Gasteiger partial charge >= 0.3 is 0 Å². The van der Waals surface area contributed by atoms with Crippen LogP contribution >= 0.6 is 0 Å². The summed E-state index contributed by atoms with van der Waals surface area (Å²) in [5, 5.41) is 4.40. The van der Waals surface area contributed by atoms with Gasteiger partial charge in [0.15, 0.2) is 0 Å². The number of aryl methyl sites for hydroxylation is 1. The van der Waals surface area contributed by atoms with Crippen molar-refractivity contribution in [2.45, 2.75) is 6.92 Å². The standard InChI is InChI=1S/C17H18N4/c1-12-5-4-6-13(9-12)20-17-15-10-14(21(2)3)7-8-16(15)18-11-19-17/h4-11H,1-3H3,(H,18,19,20). The van der Waals surface area contributed by atoms with E-state index in [0.717, 1.165) is 28.1 Å². The maximum atomic E-state index is 4.39. The molecule has 1 N–H and O–H groups in total. The number of hydrogen-bond donors (Lipinski definition) is 1. The third-order valence-electron chi connectivity index (χ3n) is 3.42. The van der Waals surface area contributed by atoms with E-state index in [-0.39, 0.29) is 0 Å². The van der Waals surface area contributed by atoms with Crippen molar-refractivity contribution in [3.8, 4) is 0 Å². The molecule has 0 bridgehead atoms. The number of fused-ring (bicyclic) bond motifs is 1. The topological polar surface area (TPSA) is 41.1 Å². The molecule has 0 aliphatic carbocycles. The maximum absolute atomic E-state index is 4.39.